The molecule has 0 bridgehead atoms. The summed E-state index contributed by atoms with van der Waals surface area (Å²) in [5, 5.41) is 8.96. The molecule has 0 saturated heterocycles. The van der Waals surface area contributed by atoms with E-state index >= 15 is 0 Å². The van der Waals surface area contributed by atoms with E-state index in [1.807, 2.05) is 12.1 Å². The molecule has 16 heavy (non-hydrogen) atoms. The number of hydrogen-bond acceptors (Lipinski definition) is 3. The molecular formula is C10H10Cl2N4. The van der Waals surface area contributed by atoms with Crippen LogP contribution in [0.15, 0.2) is 24.4 Å². The van der Waals surface area contributed by atoms with Crippen molar-refractivity contribution < 1.29 is 0 Å². The molecule has 0 amide bonds. The van der Waals surface area contributed by atoms with Crippen LogP contribution in [0, 0.1) is 0 Å². The van der Waals surface area contributed by atoms with Gasteiger partial charge < -0.3 is 5.73 Å². The van der Waals surface area contributed by atoms with Crippen LogP contribution in [-0.2, 0) is 6.54 Å². The molecule has 0 saturated carbocycles. The molecule has 0 radical (unpaired) electrons. The minimum absolute atomic E-state index is 0.490. The number of hydrogen-bond donors (Lipinski definition) is 1. The lowest BCUT2D eigenvalue weighted by atomic mass is 10.2. The Morgan fingerprint density at radius 3 is 2.88 bits per heavy atom. The molecule has 0 atom stereocenters. The zero-order valence-corrected chi connectivity index (χ0v) is 9.91. The number of nitrogens with two attached hydrogens (primary N) is 1. The third kappa shape index (κ3) is 2.19. The largest absolute Gasteiger partial charge is 0.329 e. The molecule has 6 heteroatoms. The van der Waals surface area contributed by atoms with E-state index in [0.717, 1.165) is 5.56 Å². The summed E-state index contributed by atoms with van der Waals surface area (Å²) in [6.45, 7) is 1.15. The summed E-state index contributed by atoms with van der Waals surface area (Å²) in [7, 11) is 0. The number of rotatable bonds is 3. The lowest BCUT2D eigenvalue weighted by molar-refractivity contribution is 0.598. The summed E-state index contributed by atoms with van der Waals surface area (Å²) in [5.74, 6) is 0. The molecule has 0 fully saturated rings. The summed E-state index contributed by atoms with van der Waals surface area (Å²) in [6, 6.07) is 5.41. The predicted molar refractivity (Wildman–Crippen MR) is 64.5 cm³/mol. The first-order valence-corrected chi connectivity index (χ1v) is 5.52. The Morgan fingerprint density at radius 1 is 1.31 bits per heavy atom. The molecule has 1 aromatic carbocycles. The molecule has 2 N–H and O–H groups in total. The summed E-state index contributed by atoms with van der Waals surface area (Å²) in [4.78, 5) is 0. The van der Waals surface area contributed by atoms with Gasteiger partial charge in [0.1, 0.15) is 5.69 Å². The zero-order valence-electron chi connectivity index (χ0n) is 8.40. The van der Waals surface area contributed by atoms with Crippen molar-refractivity contribution >= 4 is 23.2 Å². The molecule has 1 aromatic heterocycles. The average molecular weight is 257 g/mol. The van der Waals surface area contributed by atoms with E-state index in [1.54, 1.807) is 16.9 Å². The average Bonchev–Trinajstić information content (AvgIpc) is 2.71. The fraction of sp³-hybridized carbons (Fsp3) is 0.200. The van der Waals surface area contributed by atoms with Crippen LogP contribution >= 0.6 is 23.2 Å². The van der Waals surface area contributed by atoms with Gasteiger partial charge in [0.15, 0.2) is 0 Å². The van der Waals surface area contributed by atoms with Gasteiger partial charge in [0.2, 0.25) is 0 Å². The van der Waals surface area contributed by atoms with Gasteiger partial charge in [-0.2, -0.15) is 0 Å². The predicted octanol–water partition coefficient (Wildman–Crippen LogP) is 2.21. The minimum atomic E-state index is 0.490. The molecule has 0 aliphatic carbocycles. The fourth-order valence-corrected chi connectivity index (χ4v) is 1.76. The Balaban J connectivity index is 2.39. The van der Waals surface area contributed by atoms with Gasteiger partial charge in [-0.15, -0.1) is 5.10 Å². The van der Waals surface area contributed by atoms with Crippen molar-refractivity contribution in [1.29, 1.82) is 0 Å². The van der Waals surface area contributed by atoms with Gasteiger partial charge in [0.05, 0.1) is 22.8 Å². The Morgan fingerprint density at radius 2 is 2.12 bits per heavy atom. The van der Waals surface area contributed by atoms with Crippen LogP contribution in [0.2, 0.25) is 10.0 Å². The smallest absolute Gasteiger partial charge is 0.114 e. The topological polar surface area (TPSA) is 56.7 Å². The van der Waals surface area contributed by atoms with Crippen molar-refractivity contribution in [2.75, 3.05) is 6.54 Å². The third-order valence-corrected chi connectivity index (χ3v) is 2.94. The van der Waals surface area contributed by atoms with Crippen LogP contribution in [0.25, 0.3) is 11.3 Å². The molecule has 2 rings (SSSR count). The molecule has 0 aliphatic heterocycles. The maximum Gasteiger partial charge on any atom is 0.114 e. The standard InChI is InChI=1S/C10H10Cl2N4/c11-8-3-1-2-7(10(8)12)9-6-16(5-4-13)15-14-9/h1-3,6H,4-5,13H2. The monoisotopic (exact) mass is 256 g/mol. The number of aromatic nitrogens is 3. The van der Waals surface area contributed by atoms with Crippen molar-refractivity contribution in [2.45, 2.75) is 6.54 Å². The second-order valence-corrected chi connectivity index (χ2v) is 4.04. The first-order chi connectivity index (χ1) is 7.72. The van der Waals surface area contributed by atoms with Crippen LogP contribution in [0.5, 0.6) is 0 Å². The number of benzene rings is 1. The second kappa shape index (κ2) is 4.82. The first kappa shape index (κ1) is 11.4. The lowest BCUT2D eigenvalue weighted by Gasteiger charge is -2.00. The minimum Gasteiger partial charge on any atom is -0.329 e. The van der Waals surface area contributed by atoms with Gasteiger partial charge >= 0.3 is 0 Å². The highest BCUT2D eigenvalue weighted by molar-refractivity contribution is 6.43. The molecular weight excluding hydrogens is 247 g/mol. The van der Waals surface area contributed by atoms with Crippen LogP contribution in [0.4, 0.5) is 0 Å². The van der Waals surface area contributed by atoms with Gasteiger partial charge in [-0.05, 0) is 6.07 Å². The van der Waals surface area contributed by atoms with Crippen LogP contribution in [0.1, 0.15) is 0 Å². The van der Waals surface area contributed by atoms with Crippen LogP contribution in [0.3, 0.4) is 0 Å². The quantitative estimate of drug-likeness (QED) is 0.917. The van der Waals surface area contributed by atoms with Crippen molar-refractivity contribution in [3.63, 3.8) is 0 Å². The third-order valence-electron chi connectivity index (χ3n) is 2.12. The first-order valence-electron chi connectivity index (χ1n) is 4.77. The highest BCUT2D eigenvalue weighted by Gasteiger charge is 2.09. The van der Waals surface area contributed by atoms with Crippen molar-refractivity contribution in [3.8, 4) is 11.3 Å². The fourth-order valence-electron chi connectivity index (χ4n) is 1.36. The van der Waals surface area contributed by atoms with Crippen LogP contribution in [-0.4, -0.2) is 21.5 Å². The van der Waals surface area contributed by atoms with Gasteiger partial charge in [-0.1, -0.05) is 40.5 Å². The Kier molecular flexibility index (Phi) is 3.43. The Hall–Kier alpha value is -1.10. The van der Waals surface area contributed by atoms with E-state index in [9.17, 15) is 0 Å². The van der Waals surface area contributed by atoms with E-state index in [-0.39, 0.29) is 0 Å². The zero-order chi connectivity index (χ0) is 11.5. The van der Waals surface area contributed by atoms with Crippen molar-refractivity contribution in [3.05, 3.63) is 34.4 Å². The Labute approximate surface area is 103 Å². The molecule has 84 valence electrons. The van der Waals surface area contributed by atoms with Crippen molar-refractivity contribution in [1.82, 2.24) is 15.0 Å². The van der Waals surface area contributed by atoms with Crippen LogP contribution < -0.4 is 5.73 Å². The number of nitrogens with zero attached hydrogens (tertiary/aromatic N) is 3. The summed E-state index contributed by atoms with van der Waals surface area (Å²) < 4.78 is 1.67. The van der Waals surface area contributed by atoms with Gasteiger partial charge in [0, 0.05) is 12.1 Å². The number of halogens is 2. The second-order valence-electron chi connectivity index (χ2n) is 3.26. The van der Waals surface area contributed by atoms with E-state index in [1.165, 1.54) is 0 Å². The van der Waals surface area contributed by atoms with Gasteiger partial charge in [-0.3, -0.25) is 4.68 Å². The molecule has 0 aliphatic rings. The lowest BCUT2D eigenvalue weighted by Crippen LogP contribution is -2.10. The molecule has 4 nitrogen and oxygen atoms in total. The molecule has 0 unspecified atom stereocenters. The highest BCUT2D eigenvalue weighted by Crippen LogP contribution is 2.31. The van der Waals surface area contributed by atoms with Crippen molar-refractivity contribution in [2.24, 2.45) is 5.73 Å². The van der Waals surface area contributed by atoms with E-state index < -0.39 is 0 Å². The van der Waals surface area contributed by atoms with Gasteiger partial charge in [0.25, 0.3) is 0 Å². The molecule has 2 aromatic rings. The highest BCUT2D eigenvalue weighted by atomic mass is 35.5. The normalized spacial score (nSPS) is 10.7. The summed E-state index contributed by atoms with van der Waals surface area (Å²) >= 11 is 12.0. The van der Waals surface area contributed by atoms with Gasteiger partial charge in [-0.25, -0.2) is 0 Å². The summed E-state index contributed by atoms with van der Waals surface area (Å²) in [6.07, 6.45) is 1.80. The van der Waals surface area contributed by atoms with E-state index in [0.29, 0.717) is 28.8 Å². The Bertz CT molecular complexity index is 495. The van der Waals surface area contributed by atoms with E-state index in [4.69, 9.17) is 28.9 Å². The maximum atomic E-state index is 6.08. The van der Waals surface area contributed by atoms with E-state index in [2.05, 4.69) is 10.3 Å². The molecule has 0 spiro atoms. The summed E-state index contributed by atoms with van der Waals surface area (Å²) in [5.41, 5.74) is 6.90. The SMILES string of the molecule is NCCn1cc(-c2cccc(Cl)c2Cl)nn1. The maximum absolute atomic E-state index is 6.08. The molecule has 1 heterocycles.